The van der Waals surface area contributed by atoms with Crippen LogP contribution in [-0.2, 0) is 11.2 Å². The van der Waals surface area contributed by atoms with Gasteiger partial charge in [-0.05, 0) is 37.1 Å². The topological polar surface area (TPSA) is 53.5 Å². The monoisotopic (exact) mass is 387 g/mol. The molecule has 6 heteroatoms. The highest BCUT2D eigenvalue weighted by atomic mass is 16.5. The molecular formula is C23H25N5O. The number of nitrogens with one attached hydrogen (secondary N) is 1. The number of hydrogen-bond donors (Lipinski definition) is 1. The Morgan fingerprint density at radius 1 is 0.897 bits per heavy atom. The molecule has 2 aromatic carbocycles. The number of hydrogen-bond acceptors (Lipinski definition) is 6. The standard InChI is InChI=1S/C23H25N5O/c1-17-16-22(28-11-10-18-6-2-4-8-20(18)28)26-23(24-17)25-19-7-3-5-9-21(19)27-12-14-29-15-13-27/h2-9,16H,10-15H2,1H3,(H,24,25,26). The fraction of sp³-hybridized carbons (Fsp3) is 0.304. The summed E-state index contributed by atoms with van der Waals surface area (Å²) in [6.45, 7) is 6.26. The lowest BCUT2D eigenvalue weighted by Crippen LogP contribution is -2.36. The zero-order valence-electron chi connectivity index (χ0n) is 16.6. The maximum Gasteiger partial charge on any atom is 0.229 e. The molecule has 6 nitrogen and oxygen atoms in total. The third-order valence-corrected chi connectivity index (χ3v) is 5.51. The van der Waals surface area contributed by atoms with Crippen LogP contribution in [-0.4, -0.2) is 42.8 Å². The van der Waals surface area contributed by atoms with Gasteiger partial charge in [0.15, 0.2) is 0 Å². The fourth-order valence-electron chi connectivity index (χ4n) is 4.10. The minimum atomic E-state index is 0.630. The first-order valence-corrected chi connectivity index (χ1v) is 10.2. The van der Waals surface area contributed by atoms with E-state index in [0.717, 1.165) is 62.2 Å². The van der Waals surface area contributed by atoms with Crippen molar-refractivity contribution in [3.05, 3.63) is 65.9 Å². The summed E-state index contributed by atoms with van der Waals surface area (Å²) in [5, 5.41) is 3.47. The number of fused-ring (bicyclic) bond motifs is 1. The van der Waals surface area contributed by atoms with Crippen LogP contribution >= 0.6 is 0 Å². The average molecular weight is 387 g/mol. The Balaban J connectivity index is 1.45. The van der Waals surface area contributed by atoms with Gasteiger partial charge in [-0.1, -0.05) is 30.3 Å². The maximum atomic E-state index is 5.50. The van der Waals surface area contributed by atoms with Crippen molar-refractivity contribution in [1.29, 1.82) is 0 Å². The molecule has 0 aliphatic carbocycles. The van der Waals surface area contributed by atoms with E-state index in [9.17, 15) is 0 Å². The van der Waals surface area contributed by atoms with Gasteiger partial charge in [-0.15, -0.1) is 0 Å². The van der Waals surface area contributed by atoms with E-state index in [-0.39, 0.29) is 0 Å². The molecule has 2 aliphatic heterocycles. The van der Waals surface area contributed by atoms with Crippen molar-refractivity contribution in [2.75, 3.05) is 48.0 Å². The molecule has 3 heterocycles. The first-order chi connectivity index (χ1) is 14.3. The van der Waals surface area contributed by atoms with Crippen molar-refractivity contribution < 1.29 is 4.74 Å². The minimum Gasteiger partial charge on any atom is -0.378 e. The van der Waals surface area contributed by atoms with Crippen LogP contribution in [0, 0.1) is 6.92 Å². The molecule has 1 N–H and O–H groups in total. The van der Waals surface area contributed by atoms with Crippen LogP contribution in [0.15, 0.2) is 54.6 Å². The smallest absolute Gasteiger partial charge is 0.229 e. The van der Waals surface area contributed by atoms with Crippen molar-refractivity contribution >= 4 is 28.8 Å². The highest BCUT2D eigenvalue weighted by molar-refractivity contribution is 5.74. The summed E-state index contributed by atoms with van der Waals surface area (Å²) in [7, 11) is 0. The van der Waals surface area contributed by atoms with Crippen molar-refractivity contribution in [1.82, 2.24) is 9.97 Å². The lowest BCUT2D eigenvalue weighted by atomic mass is 10.2. The summed E-state index contributed by atoms with van der Waals surface area (Å²) >= 11 is 0. The number of anilines is 5. The molecule has 0 spiro atoms. The molecule has 0 unspecified atom stereocenters. The highest BCUT2D eigenvalue weighted by Crippen LogP contribution is 2.34. The van der Waals surface area contributed by atoms with Crippen LogP contribution < -0.4 is 15.1 Å². The summed E-state index contributed by atoms with van der Waals surface area (Å²) in [5.41, 5.74) is 5.74. The summed E-state index contributed by atoms with van der Waals surface area (Å²) in [6, 6.07) is 18.9. The molecule has 1 fully saturated rings. The second kappa shape index (κ2) is 7.72. The molecule has 0 radical (unpaired) electrons. The predicted octanol–water partition coefficient (Wildman–Crippen LogP) is 4.06. The SMILES string of the molecule is Cc1cc(N2CCc3ccccc32)nc(Nc2ccccc2N2CCOCC2)n1. The molecule has 148 valence electrons. The Morgan fingerprint density at radius 3 is 2.52 bits per heavy atom. The van der Waals surface area contributed by atoms with Gasteiger partial charge >= 0.3 is 0 Å². The molecule has 0 bridgehead atoms. The normalized spacial score (nSPS) is 16.0. The number of para-hydroxylation sites is 3. The van der Waals surface area contributed by atoms with E-state index in [0.29, 0.717) is 5.95 Å². The van der Waals surface area contributed by atoms with Crippen LogP contribution in [0.1, 0.15) is 11.3 Å². The van der Waals surface area contributed by atoms with E-state index in [1.54, 1.807) is 0 Å². The third-order valence-electron chi connectivity index (χ3n) is 5.51. The summed E-state index contributed by atoms with van der Waals surface area (Å²) in [4.78, 5) is 14.1. The van der Waals surface area contributed by atoms with Crippen LogP contribution in [0.2, 0.25) is 0 Å². The van der Waals surface area contributed by atoms with Crippen LogP contribution in [0.4, 0.5) is 28.8 Å². The van der Waals surface area contributed by atoms with Crippen molar-refractivity contribution in [2.24, 2.45) is 0 Å². The second-order valence-corrected chi connectivity index (χ2v) is 7.46. The quantitative estimate of drug-likeness (QED) is 0.729. The van der Waals surface area contributed by atoms with Gasteiger partial charge in [-0.2, -0.15) is 4.98 Å². The number of rotatable bonds is 4. The number of morpholine rings is 1. The number of aryl methyl sites for hydroxylation is 1. The summed E-state index contributed by atoms with van der Waals surface area (Å²) in [5.74, 6) is 1.57. The summed E-state index contributed by atoms with van der Waals surface area (Å²) in [6.07, 6.45) is 1.04. The molecule has 2 aliphatic rings. The van der Waals surface area contributed by atoms with Gasteiger partial charge in [0.2, 0.25) is 5.95 Å². The van der Waals surface area contributed by atoms with Crippen molar-refractivity contribution in [3.8, 4) is 0 Å². The number of aromatic nitrogens is 2. The number of benzene rings is 2. The lowest BCUT2D eigenvalue weighted by Gasteiger charge is -2.30. The van der Waals surface area contributed by atoms with Gasteiger partial charge in [0.25, 0.3) is 0 Å². The third kappa shape index (κ3) is 3.63. The Bertz CT molecular complexity index is 1020. The van der Waals surface area contributed by atoms with Gasteiger partial charge in [0.1, 0.15) is 5.82 Å². The van der Waals surface area contributed by atoms with E-state index in [1.807, 2.05) is 13.0 Å². The molecule has 0 atom stereocenters. The van der Waals surface area contributed by atoms with Gasteiger partial charge in [-0.25, -0.2) is 4.98 Å². The largest absolute Gasteiger partial charge is 0.378 e. The molecule has 29 heavy (non-hydrogen) atoms. The molecule has 3 aromatic rings. The van der Waals surface area contributed by atoms with Crippen LogP contribution in [0.3, 0.4) is 0 Å². The van der Waals surface area contributed by atoms with Crippen LogP contribution in [0.25, 0.3) is 0 Å². The van der Waals surface area contributed by atoms with Gasteiger partial charge in [-0.3, -0.25) is 0 Å². The van der Waals surface area contributed by atoms with Gasteiger partial charge in [0.05, 0.1) is 24.6 Å². The zero-order valence-corrected chi connectivity index (χ0v) is 16.6. The van der Waals surface area contributed by atoms with E-state index in [1.165, 1.54) is 11.3 Å². The minimum absolute atomic E-state index is 0.630. The molecule has 0 saturated carbocycles. The molecule has 0 amide bonds. The zero-order chi connectivity index (χ0) is 19.6. The fourth-order valence-corrected chi connectivity index (χ4v) is 4.10. The Morgan fingerprint density at radius 2 is 1.66 bits per heavy atom. The number of nitrogens with zero attached hydrogens (tertiary/aromatic N) is 4. The summed E-state index contributed by atoms with van der Waals surface area (Å²) < 4.78 is 5.50. The van der Waals surface area contributed by atoms with Gasteiger partial charge < -0.3 is 19.9 Å². The number of ether oxygens (including phenoxy) is 1. The van der Waals surface area contributed by atoms with E-state index < -0.39 is 0 Å². The molecule has 1 aromatic heterocycles. The Kier molecular flexibility index (Phi) is 4.77. The van der Waals surface area contributed by atoms with Crippen LogP contribution in [0.5, 0.6) is 0 Å². The second-order valence-electron chi connectivity index (χ2n) is 7.46. The highest BCUT2D eigenvalue weighted by Gasteiger charge is 2.22. The van der Waals surface area contributed by atoms with Gasteiger partial charge in [0, 0.05) is 37.1 Å². The van der Waals surface area contributed by atoms with Crippen molar-refractivity contribution in [2.45, 2.75) is 13.3 Å². The lowest BCUT2D eigenvalue weighted by molar-refractivity contribution is 0.123. The Labute approximate surface area is 171 Å². The average Bonchev–Trinajstić information content (AvgIpc) is 3.19. The molecular weight excluding hydrogens is 362 g/mol. The predicted molar refractivity (Wildman–Crippen MR) is 117 cm³/mol. The molecule has 1 saturated heterocycles. The van der Waals surface area contributed by atoms with Crippen molar-refractivity contribution in [3.63, 3.8) is 0 Å². The van der Waals surface area contributed by atoms with E-state index >= 15 is 0 Å². The molecule has 5 rings (SSSR count). The Hall–Kier alpha value is -3.12. The first-order valence-electron chi connectivity index (χ1n) is 10.2. The van der Waals surface area contributed by atoms with E-state index in [4.69, 9.17) is 9.72 Å². The van der Waals surface area contributed by atoms with E-state index in [2.05, 4.69) is 68.6 Å². The maximum absolute atomic E-state index is 5.50. The first kappa shape index (κ1) is 17.9.